The van der Waals surface area contributed by atoms with Crippen LogP contribution < -0.4 is 0 Å². The average molecular weight is 637 g/mol. The highest BCUT2D eigenvalue weighted by molar-refractivity contribution is 6.74. The quantitative estimate of drug-likeness (QED) is 0.229. The minimum absolute atomic E-state index is 0.000831. The largest absolute Gasteiger partial charge is 0.414 e. The van der Waals surface area contributed by atoms with Crippen molar-refractivity contribution in [3.05, 3.63) is 35.9 Å². The highest BCUT2D eigenvalue weighted by Crippen LogP contribution is 2.39. The van der Waals surface area contributed by atoms with Gasteiger partial charge in [0.05, 0.1) is 56.4 Å². The smallest absolute Gasteiger partial charge is 0.192 e. The molecule has 9 heteroatoms. The first-order chi connectivity index (χ1) is 20.3. The average Bonchev–Trinajstić information content (AvgIpc) is 2.84. The summed E-state index contributed by atoms with van der Waals surface area (Å²) >= 11 is 0. The van der Waals surface area contributed by atoms with E-state index in [1.807, 2.05) is 59.7 Å². The van der Waals surface area contributed by atoms with Gasteiger partial charge in [-0.25, -0.2) is 0 Å². The molecule has 1 aromatic carbocycles. The van der Waals surface area contributed by atoms with E-state index < -0.39 is 25.7 Å². The highest BCUT2D eigenvalue weighted by Gasteiger charge is 2.44. The van der Waals surface area contributed by atoms with E-state index in [-0.39, 0.29) is 41.7 Å². The van der Waals surface area contributed by atoms with E-state index >= 15 is 0 Å². The van der Waals surface area contributed by atoms with E-state index in [2.05, 4.69) is 46.0 Å². The normalized spacial score (nSPS) is 32.3. The molecule has 3 aliphatic rings. The van der Waals surface area contributed by atoms with Crippen molar-refractivity contribution in [3.63, 3.8) is 0 Å². The Morgan fingerprint density at radius 3 is 1.45 bits per heavy atom. The maximum absolute atomic E-state index is 6.55. The maximum atomic E-state index is 6.55. The van der Waals surface area contributed by atoms with Crippen LogP contribution in [-0.4, -0.2) is 75.5 Å². The van der Waals surface area contributed by atoms with E-state index in [9.17, 15) is 0 Å². The van der Waals surface area contributed by atoms with Crippen LogP contribution in [0.1, 0.15) is 100.0 Å². The molecule has 0 saturated carbocycles. The fourth-order valence-electron chi connectivity index (χ4n) is 6.43. The molecular weight excluding hydrogens is 576 g/mol. The van der Waals surface area contributed by atoms with Gasteiger partial charge in [-0.1, -0.05) is 51.1 Å². The fourth-order valence-corrected chi connectivity index (χ4v) is 7.46. The van der Waals surface area contributed by atoms with Crippen molar-refractivity contribution in [2.24, 2.45) is 0 Å². The zero-order chi connectivity index (χ0) is 32.4. The molecule has 0 aliphatic carbocycles. The second kappa shape index (κ2) is 14.1. The van der Waals surface area contributed by atoms with Gasteiger partial charge in [0.1, 0.15) is 0 Å². The summed E-state index contributed by atoms with van der Waals surface area (Å²) in [6.07, 6.45) is 3.84. The van der Waals surface area contributed by atoms with Crippen LogP contribution in [0.25, 0.3) is 0 Å². The molecule has 6 atom stereocenters. The summed E-state index contributed by atoms with van der Waals surface area (Å²) in [4.78, 5) is 0. The van der Waals surface area contributed by atoms with E-state index in [1.165, 1.54) is 0 Å². The van der Waals surface area contributed by atoms with Gasteiger partial charge in [-0.05, 0) is 65.2 Å². The Labute approximate surface area is 267 Å². The fraction of sp³-hybridized carbons (Fsp3) is 0.829. The number of ether oxygens (including phenoxy) is 7. The predicted molar refractivity (Wildman–Crippen MR) is 174 cm³/mol. The van der Waals surface area contributed by atoms with Gasteiger partial charge in [-0.15, -0.1) is 0 Å². The SMILES string of the molecule is CC1(C)O[C@H](C[C@@H]2C[C@H](COCc3ccccc3)OC(C)(C)O2)C[C@@H](C[C@@H]2C[C@H](CO[Si](C)(C)C(C)(C)C)OC(C)(C)O2)O1. The summed E-state index contributed by atoms with van der Waals surface area (Å²) in [5.41, 5.74) is 1.16. The Morgan fingerprint density at radius 2 is 1.02 bits per heavy atom. The summed E-state index contributed by atoms with van der Waals surface area (Å²) in [5, 5.41) is 0.155. The highest BCUT2D eigenvalue weighted by atomic mass is 28.4. The topological polar surface area (TPSA) is 73.8 Å². The molecule has 8 nitrogen and oxygen atoms in total. The van der Waals surface area contributed by atoms with Crippen molar-refractivity contribution >= 4 is 8.32 Å². The molecule has 3 saturated heterocycles. The summed E-state index contributed by atoms with van der Waals surface area (Å²) < 4.78 is 50.9. The van der Waals surface area contributed by atoms with Crippen molar-refractivity contribution in [2.75, 3.05) is 13.2 Å². The molecule has 3 aliphatic heterocycles. The molecule has 0 amide bonds. The van der Waals surface area contributed by atoms with Crippen LogP contribution in [0.15, 0.2) is 30.3 Å². The lowest BCUT2D eigenvalue weighted by Gasteiger charge is -2.47. The molecule has 3 fully saturated rings. The van der Waals surface area contributed by atoms with Crippen LogP contribution in [-0.2, 0) is 44.2 Å². The van der Waals surface area contributed by atoms with Crippen LogP contribution in [0, 0.1) is 0 Å². The number of rotatable bonds is 11. The summed E-state index contributed by atoms with van der Waals surface area (Å²) in [6.45, 7) is 25.0. The van der Waals surface area contributed by atoms with Gasteiger partial charge in [0, 0.05) is 32.1 Å². The Hall–Kier alpha value is -0.883. The molecule has 0 spiro atoms. The standard InChI is InChI=1S/C35H60O8Si/c1-32(2,3)44(10,11)37-24-31-21-29(41-35(8,9)43-31)19-27-17-26(38-33(4,5)39-27)18-28-20-30(42-34(6,7)40-28)23-36-22-25-15-13-12-14-16-25/h12-16,26-31H,17-24H2,1-11H3/t26-,27-,28+,29+,30+,31+/m0/s1. The molecular formula is C35H60O8Si. The second-order valence-corrected chi connectivity index (χ2v) is 20.7. The van der Waals surface area contributed by atoms with Gasteiger partial charge in [-0.2, -0.15) is 0 Å². The molecule has 44 heavy (non-hydrogen) atoms. The minimum Gasteiger partial charge on any atom is -0.414 e. The third kappa shape index (κ3) is 10.8. The second-order valence-electron chi connectivity index (χ2n) is 15.9. The Morgan fingerprint density at radius 1 is 0.636 bits per heavy atom. The lowest BCUT2D eigenvalue weighted by Crippen LogP contribution is -2.52. The zero-order valence-corrected chi connectivity index (χ0v) is 30.3. The predicted octanol–water partition coefficient (Wildman–Crippen LogP) is 7.74. The molecule has 0 N–H and O–H groups in total. The summed E-state index contributed by atoms with van der Waals surface area (Å²) in [7, 11) is -1.88. The zero-order valence-electron chi connectivity index (χ0n) is 29.3. The molecule has 0 aromatic heterocycles. The van der Waals surface area contributed by atoms with Crippen LogP contribution in [0.3, 0.4) is 0 Å². The van der Waals surface area contributed by atoms with Crippen LogP contribution in [0.4, 0.5) is 0 Å². The van der Waals surface area contributed by atoms with Crippen molar-refractivity contribution < 1.29 is 37.6 Å². The monoisotopic (exact) mass is 636 g/mol. The summed E-state index contributed by atoms with van der Waals surface area (Å²) in [5.74, 6) is -2.06. The van der Waals surface area contributed by atoms with Crippen molar-refractivity contribution in [1.82, 2.24) is 0 Å². The van der Waals surface area contributed by atoms with Gasteiger partial charge in [0.25, 0.3) is 0 Å². The third-order valence-corrected chi connectivity index (χ3v) is 13.7. The van der Waals surface area contributed by atoms with E-state index in [4.69, 9.17) is 37.6 Å². The minimum atomic E-state index is -1.88. The van der Waals surface area contributed by atoms with E-state index in [0.717, 1.165) is 37.7 Å². The van der Waals surface area contributed by atoms with Crippen molar-refractivity contribution in [3.8, 4) is 0 Å². The van der Waals surface area contributed by atoms with Gasteiger partial charge < -0.3 is 37.6 Å². The number of hydrogen-bond acceptors (Lipinski definition) is 8. The Bertz CT molecular complexity index is 1040. The third-order valence-electron chi connectivity index (χ3n) is 9.18. The molecule has 252 valence electrons. The molecule has 1 aromatic rings. The Kier molecular flexibility index (Phi) is 11.5. The molecule has 0 bridgehead atoms. The molecule has 3 heterocycles. The van der Waals surface area contributed by atoms with Crippen molar-refractivity contribution in [2.45, 2.75) is 173 Å². The molecule has 0 radical (unpaired) electrons. The van der Waals surface area contributed by atoms with Gasteiger partial charge in [0.15, 0.2) is 25.7 Å². The number of benzene rings is 1. The van der Waals surface area contributed by atoms with Gasteiger partial charge >= 0.3 is 0 Å². The van der Waals surface area contributed by atoms with Crippen LogP contribution in [0.5, 0.6) is 0 Å². The van der Waals surface area contributed by atoms with Gasteiger partial charge in [0.2, 0.25) is 0 Å². The Balaban J connectivity index is 1.32. The van der Waals surface area contributed by atoms with E-state index in [0.29, 0.717) is 19.8 Å². The molecule has 0 unspecified atom stereocenters. The molecule has 4 rings (SSSR count). The summed E-state index contributed by atoms with van der Waals surface area (Å²) in [6, 6.07) is 10.2. The van der Waals surface area contributed by atoms with Gasteiger partial charge in [-0.3, -0.25) is 0 Å². The lowest BCUT2D eigenvalue weighted by atomic mass is 9.94. The van der Waals surface area contributed by atoms with E-state index in [1.54, 1.807) is 0 Å². The first kappa shape index (κ1) is 36.0. The van der Waals surface area contributed by atoms with Crippen LogP contribution >= 0.6 is 0 Å². The van der Waals surface area contributed by atoms with Crippen molar-refractivity contribution in [1.29, 1.82) is 0 Å². The first-order valence-electron chi connectivity index (χ1n) is 16.6. The maximum Gasteiger partial charge on any atom is 0.192 e. The van der Waals surface area contributed by atoms with Crippen LogP contribution in [0.2, 0.25) is 18.1 Å². The lowest BCUT2D eigenvalue weighted by molar-refractivity contribution is -0.336. The number of hydrogen-bond donors (Lipinski definition) is 0. The first-order valence-corrected chi connectivity index (χ1v) is 19.5.